The van der Waals surface area contributed by atoms with Gasteiger partial charge in [0.1, 0.15) is 5.75 Å². The van der Waals surface area contributed by atoms with Gasteiger partial charge in [-0.05, 0) is 43.5 Å². The standard InChI is InChI=1S/C18H26N2O2/c1-20(15-8-11-19-13-15)17(21)18(9-3-4-10-18)14-6-5-7-16(12-14)22-2/h5-7,12,15,19H,3-4,8-11,13H2,1-2H3. The second-order valence-electron chi connectivity index (χ2n) is 6.58. The Balaban J connectivity index is 1.91. The Hall–Kier alpha value is -1.55. The van der Waals surface area contributed by atoms with E-state index in [1.165, 1.54) is 0 Å². The monoisotopic (exact) mass is 302 g/mol. The summed E-state index contributed by atoms with van der Waals surface area (Å²) in [7, 11) is 3.65. The van der Waals surface area contributed by atoms with Crippen LogP contribution in [0.2, 0.25) is 0 Å². The van der Waals surface area contributed by atoms with Crippen LogP contribution in [-0.4, -0.2) is 44.1 Å². The zero-order valence-electron chi connectivity index (χ0n) is 13.6. The van der Waals surface area contributed by atoms with Gasteiger partial charge in [-0.3, -0.25) is 4.79 Å². The van der Waals surface area contributed by atoms with Crippen LogP contribution in [0.5, 0.6) is 5.75 Å². The fourth-order valence-electron chi connectivity index (χ4n) is 4.00. The van der Waals surface area contributed by atoms with Gasteiger partial charge in [0.25, 0.3) is 0 Å². The summed E-state index contributed by atoms with van der Waals surface area (Å²) in [6.07, 6.45) is 5.20. The van der Waals surface area contributed by atoms with Crippen LogP contribution in [0.3, 0.4) is 0 Å². The van der Waals surface area contributed by atoms with E-state index in [1.807, 2.05) is 30.1 Å². The zero-order valence-corrected chi connectivity index (χ0v) is 13.6. The van der Waals surface area contributed by atoms with E-state index in [0.717, 1.165) is 56.5 Å². The van der Waals surface area contributed by atoms with Crippen LogP contribution in [-0.2, 0) is 10.2 Å². The topological polar surface area (TPSA) is 41.6 Å². The predicted molar refractivity (Wildman–Crippen MR) is 87.2 cm³/mol. The maximum absolute atomic E-state index is 13.3. The van der Waals surface area contributed by atoms with E-state index in [9.17, 15) is 4.79 Å². The molecule has 1 heterocycles. The van der Waals surface area contributed by atoms with Crippen molar-refractivity contribution in [1.82, 2.24) is 10.2 Å². The Morgan fingerprint density at radius 2 is 2.14 bits per heavy atom. The highest BCUT2D eigenvalue weighted by Gasteiger charge is 2.45. The molecule has 1 aliphatic carbocycles. The molecule has 0 aromatic heterocycles. The first-order valence-corrected chi connectivity index (χ1v) is 8.30. The van der Waals surface area contributed by atoms with Crippen LogP contribution >= 0.6 is 0 Å². The number of benzene rings is 1. The van der Waals surface area contributed by atoms with Crippen molar-refractivity contribution < 1.29 is 9.53 Å². The third kappa shape index (κ3) is 2.60. The number of nitrogens with zero attached hydrogens (tertiary/aromatic N) is 1. The van der Waals surface area contributed by atoms with Gasteiger partial charge < -0.3 is 15.0 Å². The zero-order chi connectivity index (χ0) is 15.6. The number of hydrogen-bond acceptors (Lipinski definition) is 3. The number of rotatable bonds is 4. The Morgan fingerprint density at radius 3 is 2.77 bits per heavy atom. The van der Waals surface area contributed by atoms with Gasteiger partial charge in [0.15, 0.2) is 0 Å². The molecule has 1 aromatic carbocycles. The minimum atomic E-state index is -0.355. The molecule has 1 unspecified atom stereocenters. The van der Waals surface area contributed by atoms with E-state index in [4.69, 9.17) is 4.74 Å². The lowest BCUT2D eigenvalue weighted by molar-refractivity contribution is -0.137. The lowest BCUT2D eigenvalue weighted by Crippen LogP contribution is -2.48. The van der Waals surface area contributed by atoms with Crippen molar-refractivity contribution in [3.63, 3.8) is 0 Å². The molecule has 120 valence electrons. The lowest BCUT2D eigenvalue weighted by atomic mass is 9.77. The molecule has 0 spiro atoms. The van der Waals surface area contributed by atoms with Gasteiger partial charge >= 0.3 is 0 Å². The molecule has 1 amide bonds. The number of likely N-dealkylation sites (N-methyl/N-ethyl adjacent to an activating group) is 1. The number of methoxy groups -OCH3 is 1. The molecule has 1 atom stereocenters. The number of ether oxygens (including phenoxy) is 1. The second-order valence-corrected chi connectivity index (χ2v) is 6.58. The molecule has 1 N–H and O–H groups in total. The van der Waals surface area contributed by atoms with E-state index >= 15 is 0 Å². The molecule has 2 aliphatic rings. The SMILES string of the molecule is COc1cccc(C2(C(=O)N(C)C3CCNC3)CCCC2)c1. The summed E-state index contributed by atoms with van der Waals surface area (Å²) in [5.41, 5.74) is 0.762. The second kappa shape index (κ2) is 6.29. The van der Waals surface area contributed by atoms with E-state index in [-0.39, 0.29) is 11.3 Å². The molecule has 1 saturated heterocycles. The number of amides is 1. The maximum atomic E-state index is 13.3. The fourth-order valence-corrected chi connectivity index (χ4v) is 4.00. The number of carbonyl (C=O) groups excluding carboxylic acids is 1. The highest BCUT2D eigenvalue weighted by atomic mass is 16.5. The van der Waals surface area contributed by atoms with Crippen molar-refractivity contribution in [2.45, 2.75) is 43.6 Å². The summed E-state index contributed by atoms with van der Waals surface area (Å²) >= 11 is 0. The highest BCUT2D eigenvalue weighted by molar-refractivity contribution is 5.89. The Morgan fingerprint density at radius 1 is 1.36 bits per heavy atom. The fraction of sp³-hybridized carbons (Fsp3) is 0.611. The van der Waals surface area contributed by atoms with Gasteiger partial charge in [-0.2, -0.15) is 0 Å². The molecular formula is C18H26N2O2. The minimum Gasteiger partial charge on any atom is -0.497 e. The van der Waals surface area contributed by atoms with Crippen LogP contribution in [0, 0.1) is 0 Å². The van der Waals surface area contributed by atoms with E-state index < -0.39 is 0 Å². The Kier molecular flexibility index (Phi) is 4.39. The van der Waals surface area contributed by atoms with E-state index in [0.29, 0.717) is 6.04 Å². The van der Waals surface area contributed by atoms with Crippen LogP contribution in [0.4, 0.5) is 0 Å². The van der Waals surface area contributed by atoms with Gasteiger partial charge in [0, 0.05) is 19.6 Å². The molecule has 22 heavy (non-hydrogen) atoms. The van der Waals surface area contributed by atoms with Crippen molar-refractivity contribution >= 4 is 5.91 Å². The summed E-state index contributed by atoms with van der Waals surface area (Å²) in [4.78, 5) is 15.3. The molecule has 0 bridgehead atoms. The third-order valence-electron chi connectivity index (χ3n) is 5.39. The van der Waals surface area contributed by atoms with Crippen molar-refractivity contribution in [2.24, 2.45) is 0 Å². The van der Waals surface area contributed by atoms with Crippen molar-refractivity contribution in [3.8, 4) is 5.75 Å². The number of nitrogens with one attached hydrogen (secondary N) is 1. The lowest BCUT2D eigenvalue weighted by Gasteiger charge is -2.35. The number of carbonyl (C=O) groups is 1. The third-order valence-corrected chi connectivity index (χ3v) is 5.39. The summed E-state index contributed by atoms with van der Waals surface area (Å²) in [6.45, 7) is 1.92. The summed E-state index contributed by atoms with van der Waals surface area (Å²) < 4.78 is 5.36. The highest BCUT2D eigenvalue weighted by Crippen LogP contribution is 2.43. The molecule has 4 heteroatoms. The molecular weight excluding hydrogens is 276 g/mol. The van der Waals surface area contributed by atoms with Gasteiger partial charge in [0.2, 0.25) is 5.91 Å². The molecule has 2 fully saturated rings. The summed E-state index contributed by atoms with van der Waals surface area (Å²) in [5.74, 6) is 1.12. The summed E-state index contributed by atoms with van der Waals surface area (Å²) in [5, 5.41) is 3.36. The van der Waals surface area contributed by atoms with Crippen LogP contribution < -0.4 is 10.1 Å². The van der Waals surface area contributed by atoms with Crippen molar-refractivity contribution in [1.29, 1.82) is 0 Å². The first-order chi connectivity index (χ1) is 10.7. The summed E-state index contributed by atoms with van der Waals surface area (Å²) in [6, 6.07) is 8.41. The molecule has 1 aromatic rings. The molecule has 4 nitrogen and oxygen atoms in total. The average molecular weight is 302 g/mol. The molecule has 3 rings (SSSR count). The van der Waals surface area contributed by atoms with Gasteiger partial charge in [-0.15, -0.1) is 0 Å². The van der Waals surface area contributed by atoms with Crippen molar-refractivity contribution in [2.75, 3.05) is 27.2 Å². The van der Waals surface area contributed by atoms with Crippen LogP contribution in [0.25, 0.3) is 0 Å². The first kappa shape index (κ1) is 15.3. The predicted octanol–water partition coefficient (Wildman–Crippen LogP) is 2.33. The van der Waals surface area contributed by atoms with Gasteiger partial charge in [0.05, 0.1) is 12.5 Å². The normalized spacial score (nSPS) is 23.5. The Labute approximate surface area is 132 Å². The number of hydrogen-bond donors (Lipinski definition) is 1. The van der Waals surface area contributed by atoms with Gasteiger partial charge in [-0.25, -0.2) is 0 Å². The van der Waals surface area contributed by atoms with Gasteiger partial charge in [-0.1, -0.05) is 25.0 Å². The first-order valence-electron chi connectivity index (χ1n) is 8.30. The van der Waals surface area contributed by atoms with E-state index in [2.05, 4.69) is 11.4 Å². The molecule has 1 saturated carbocycles. The minimum absolute atomic E-state index is 0.284. The smallest absolute Gasteiger partial charge is 0.233 e. The maximum Gasteiger partial charge on any atom is 0.233 e. The van der Waals surface area contributed by atoms with Crippen LogP contribution in [0.15, 0.2) is 24.3 Å². The molecule has 1 aliphatic heterocycles. The molecule has 0 radical (unpaired) electrons. The average Bonchev–Trinajstić information content (AvgIpc) is 3.25. The largest absolute Gasteiger partial charge is 0.497 e. The Bertz CT molecular complexity index is 532. The quantitative estimate of drug-likeness (QED) is 0.928. The van der Waals surface area contributed by atoms with Crippen molar-refractivity contribution in [3.05, 3.63) is 29.8 Å². The van der Waals surface area contributed by atoms with E-state index in [1.54, 1.807) is 7.11 Å². The van der Waals surface area contributed by atoms with Crippen LogP contribution in [0.1, 0.15) is 37.7 Å².